The molecule has 32 heavy (non-hydrogen) atoms. The van der Waals surface area contributed by atoms with Crippen molar-refractivity contribution in [3.05, 3.63) is 78.1 Å². The molecule has 0 saturated carbocycles. The Morgan fingerprint density at radius 3 is 2.72 bits per heavy atom. The number of amides is 1. The van der Waals surface area contributed by atoms with Crippen LogP contribution >= 0.6 is 11.8 Å². The first-order chi connectivity index (χ1) is 15.5. The van der Waals surface area contributed by atoms with E-state index in [0.29, 0.717) is 10.8 Å². The fourth-order valence-electron chi connectivity index (χ4n) is 2.96. The first-order valence-electron chi connectivity index (χ1n) is 9.68. The number of hydrogen-bond acceptors (Lipinski definition) is 7. The second-order valence-electron chi connectivity index (χ2n) is 6.89. The van der Waals surface area contributed by atoms with E-state index in [0.717, 1.165) is 33.8 Å². The Morgan fingerprint density at radius 1 is 1.09 bits per heavy atom. The Labute approximate surface area is 187 Å². The van der Waals surface area contributed by atoms with E-state index >= 15 is 0 Å². The Hall–Kier alpha value is -3.92. The number of rotatable bonds is 7. The number of nitrogens with one attached hydrogen (secondary N) is 2. The number of anilines is 2. The normalized spacial score (nSPS) is 11.5. The van der Waals surface area contributed by atoms with Gasteiger partial charge in [0, 0.05) is 5.69 Å². The maximum atomic E-state index is 13.2. The zero-order chi connectivity index (χ0) is 22.5. The largest absolute Gasteiger partial charge is 0.334 e. The van der Waals surface area contributed by atoms with Crippen LogP contribution in [0.3, 0.4) is 0 Å². The van der Waals surface area contributed by atoms with Gasteiger partial charge >= 0.3 is 0 Å². The van der Waals surface area contributed by atoms with Crippen molar-refractivity contribution in [2.24, 2.45) is 5.10 Å². The van der Waals surface area contributed by atoms with Gasteiger partial charge in [-0.15, -0.1) is 10.2 Å². The highest BCUT2D eigenvalue weighted by molar-refractivity contribution is 7.99. The maximum Gasteiger partial charge on any atom is 0.264 e. The van der Waals surface area contributed by atoms with Crippen molar-refractivity contribution in [3.63, 3.8) is 0 Å². The second-order valence-corrected chi connectivity index (χ2v) is 7.84. The first kappa shape index (κ1) is 21.3. The van der Waals surface area contributed by atoms with Crippen molar-refractivity contribution in [3.8, 4) is 0 Å². The minimum absolute atomic E-state index is 0.0330. The number of nitrogens with zero attached hydrogens (tertiary/aromatic N) is 4. The molecule has 0 aliphatic carbocycles. The third kappa shape index (κ3) is 5.03. The number of hydrogen-bond donors (Lipinski definition) is 3. The lowest BCUT2D eigenvalue weighted by atomic mass is 10.0. The van der Waals surface area contributed by atoms with Gasteiger partial charge in [-0.25, -0.2) is 14.5 Å². The summed E-state index contributed by atoms with van der Waals surface area (Å²) in [7, 11) is 0. The molecule has 4 aromatic rings. The number of carbonyl (C=O) groups is 1. The fraction of sp³-hybridized carbons (Fsp3) is 0.0909. The molecule has 0 aliphatic heterocycles. The van der Waals surface area contributed by atoms with Crippen LogP contribution < -0.4 is 16.6 Å². The van der Waals surface area contributed by atoms with Gasteiger partial charge in [0.25, 0.3) is 5.95 Å². The third-order valence-corrected chi connectivity index (χ3v) is 5.54. The quantitative estimate of drug-likeness (QED) is 0.171. The van der Waals surface area contributed by atoms with Gasteiger partial charge in [0.2, 0.25) is 11.1 Å². The summed E-state index contributed by atoms with van der Waals surface area (Å²) < 4.78 is 14.4. The molecular weight excluding hydrogens is 429 g/mol. The summed E-state index contributed by atoms with van der Waals surface area (Å²) in [5.74, 6) is 5.55. The lowest BCUT2D eigenvalue weighted by molar-refractivity contribution is -0.113. The number of fused-ring (bicyclic) bond motifs is 1. The number of nitrogen functional groups attached to an aromatic ring is 1. The average Bonchev–Trinajstić information content (AvgIpc) is 3.15. The van der Waals surface area contributed by atoms with Crippen molar-refractivity contribution in [2.45, 2.75) is 12.1 Å². The van der Waals surface area contributed by atoms with Crippen LogP contribution in [0.15, 0.2) is 77.0 Å². The Bertz CT molecular complexity index is 1300. The zero-order valence-corrected chi connectivity index (χ0v) is 17.9. The van der Waals surface area contributed by atoms with E-state index in [1.807, 2.05) is 37.3 Å². The molecular formula is C22H20FN7OS. The molecule has 8 nitrogen and oxygen atoms in total. The molecule has 1 amide bonds. The molecule has 162 valence electrons. The molecule has 0 aliphatic rings. The standard InChI is InChI=1S/C22H20FN7OS/c1-14(16-10-9-15-5-2-3-6-17(15)11-16)26-27-21-28-29-22(30(21)24)32-13-20(31)25-19-8-4-7-18(23)12-19/h2-12H,13,24H2,1H3,(H,25,31)(H,27,28)/b26-14+. The van der Waals surface area contributed by atoms with E-state index in [1.165, 1.54) is 22.9 Å². The van der Waals surface area contributed by atoms with Crippen LogP contribution in [0.25, 0.3) is 10.8 Å². The summed E-state index contributed by atoms with van der Waals surface area (Å²) >= 11 is 1.10. The third-order valence-electron chi connectivity index (χ3n) is 4.60. The highest BCUT2D eigenvalue weighted by Gasteiger charge is 2.12. The van der Waals surface area contributed by atoms with Crippen LogP contribution in [0.2, 0.25) is 0 Å². The number of thioether (sulfide) groups is 1. The van der Waals surface area contributed by atoms with Crippen molar-refractivity contribution in [2.75, 3.05) is 22.3 Å². The molecule has 0 atom stereocenters. The van der Waals surface area contributed by atoms with Gasteiger partial charge in [-0.3, -0.25) is 4.79 Å². The molecule has 0 unspecified atom stereocenters. The predicted molar refractivity (Wildman–Crippen MR) is 126 cm³/mol. The molecule has 0 fully saturated rings. The van der Waals surface area contributed by atoms with Crippen LogP contribution in [0.4, 0.5) is 16.0 Å². The molecule has 0 spiro atoms. The molecule has 0 radical (unpaired) electrons. The van der Waals surface area contributed by atoms with Crippen molar-refractivity contribution < 1.29 is 9.18 Å². The lowest BCUT2D eigenvalue weighted by Gasteiger charge is -2.06. The highest BCUT2D eigenvalue weighted by atomic mass is 32.2. The number of benzene rings is 3. The van der Waals surface area contributed by atoms with Gasteiger partial charge in [-0.05, 0) is 47.5 Å². The second kappa shape index (κ2) is 9.48. The SMILES string of the molecule is C/C(=N\Nc1nnc(SCC(=O)Nc2cccc(F)c2)n1N)c1ccc2ccccc2c1. The molecule has 10 heteroatoms. The van der Waals surface area contributed by atoms with Crippen LogP contribution in [-0.4, -0.2) is 32.2 Å². The molecule has 4 N–H and O–H groups in total. The lowest BCUT2D eigenvalue weighted by Crippen LogP contribution is -2.17. The summed E-state index contributed by atoms with van der Waals surface area (Å²) in [6, 6.07) is 19.9. The average molecular weight is 450 g/mol. The van der Waals surface area contributed by atoms with Crippen LogP contribution in [0, 0.1) is 5.82 Å². The predicted octanol–water partition coefficient (Wildman–Crippen LogP) is 3.85. The minimum atomic E-state index is -0.424. The highest BCUT2D eigenvalue weighted by Crippen LogP contribution is 2.19. The smallest absolute Gasteiger partial charge is 0.264 e. The van der Waals surface area contributed by atoms with E-state index in [2.05, 4.69) is 38.2 Å². The number of nitrogens with two attached hydrogens (primary N) is 1. The van der Waals surface area contributed by atoms with Crippen LogP contribution in [0.5, 0.6) is 0 Å². The van der Waals surface area contributed by atoms with Crippen LogP contribution in [-0.2, 0) is 4.79 Å². The van der Waals surface area contributed by atoms with Gasteiger partial charge < -0.3 is 11.2 Å². The summed E-state index contributed by atoms with van der Waals surface area (Å²) in [6.45, 7) is 1.88. The minimum Gasteiger partial charge on any atom is -0.334 e. The first-order valence-corrected chi connectivity index (χ1v) is 10.7. The van der Waals surface area contributed by atoms with Crippen molar-refractivity contribution in [1.82, 2.24) is 14.9 Å². The zero-order valence-electron chi connectivity index (χ0n) is 17.1. The molecule has 0 saturated heterocycles. The molecule has 1 aromatic heterocycles. The Balaban J connectivity index is 1.37. The van der Waals surface area contributed by atoms with E-state index in [4.69, 9.17) is 5.84 Å². The molecule has 1 heterocycles. The van der Waals surface area contributed by atoms with Gasteiger partial charge in [0.15, 0.2) is 0 Å². The van der Waals surface area contributed by atoms with Crippen LogP contribution in [0.1, 0.15) is 12.5 Å². The van der Waals surface area contributed by atoms with Crippen molar-refractivity contribution in [1.29, 1.82) is 0 Å². The Kier molecular flexibility index (Phi) is 6.31. The number of halogens is 1. The Morgan fingerprint density at radius 2 is 1.91 bits per heavy atom. The topological polar surface area (TPSA) is 110 Å². The summed E-state index contributed by atoms with van der Waals surface area (Å²) in [5, 5.41) is 17.5. The number of aromatic nitrogens is 3. The summed E-state index contributed by atoms with van der Waals surface area (Å²) in [6.07, 6.45) is 0. The van der Waals surface area contributed by atoms with E-state index in [9.17, 15) is 9.18 Å². The molecule has 3 aromatic carbocycles. The molecule has 4 rings (SSSR count). The fourth-order valence-corrected chi connectivity index (χ4v) is 3.61. The van der Waals surface area contributed by atoms with Gasteiger partial charge in [-0.1, -0.05) is 54.2 Å². The molecule has 0 bridgehead atoms. The summed E-state index contributed by atoms with van der Waals surface area (Å²) in [5.41, 5.74) is 4.90. The van der Waals surface area contributed by atoms with E-state index in [1.54, 1.807) is 6.07 Å². The number of hydrazone groups is 1. The van der Waals surface area contributed by atoms with Crippen molar-refractivity contribution >= 4 is 45.8 Å². The monoisotopic (exact) mass is 449 g/mol. The van der Waals surface area contributed by atoms with E-state index in [-0.39, 0.29) is 17.6 Å². The van der Waals surface area contributed by atoms with Gasteiger partial charge in [0.1, 0.15) is 5.82 Å². The van der Waals surface area contributed by atoms with Gasteiger partial charge in [0.05, 0.1) is 11.5 Å². The maximum absolute atomic E-state index is 13.2. The summed E-state index contributed by atoms with van der Waals surface area (Å²) in [4.78, 5) is 12.1. The van der Waals surface area contributed by atoms with Gasteiger partial charge in [-0.2, -0.15) is 5.10 Å². The van der Waals surface area contributed by atoms with E-state index < -0.39 is 5.82 Å². The number of carbonyl (C=O) groups excluding carboxylic acids is 1.